The highest BCUT2D eigenvalue weighted by Gasteiger charge is 2.37. The van der Waals surface area contributed by atoms with Gasteiger partial charge >= 0.3 is 0 Å². The molecule has 0 aliphatic carbocycles. The van der Waals surface area contributed by atoms with Gasteiger partial charge in [0.25, 0.3) is 6.34 Å². The highest BCUT2D eigenvalue weighted by Crippen LogP contribution is 2.43. The van der Waals surface area contributed by atoms with Crippen molar-refractivity contribution < 1.29 is 4.58 Å². The topological polar surface area (TPSA) is 27.4 Å². The molecule has 3 heteroatoms. The molecule has 18 heavy (non-hydrogen) atoms. The minimum Gasteiger partial charge on any atom is -0.319 e. The van der Waals surface area contributed by atoms with Crippen molar-refractivity contribution in [2.75, 3.05) is 20.6 Å². The van der Waals surface area contributed by atoms with Crippen LogP contribution in [0.15, 0.2) is 17.3 Å². The van der Waals surface area contributed by atoms with Crippen LogP contribution in [0.2, 0.25) is 0 Å². The van der Waals surface area contributed by atoms with Crippen molar-refractivity contribution in [1.29, 1.82) is 0 Å². The Labute approximate surface area is 113 Å². The van der Waals surface area contributed by atoms with Crippen LogP contribution in [0.3, 0.4) is 0 Å². The Morgan fingerprint density at radius 3 is 2.39 bits per heavy atom. The number of hydrogen-bond acceptors (Lipinski definition) is 2. The Morgan fingerprint density at radius 2 is 1.94 bits per heavy atom. The average molecular weight is 252 g/mol. The molecule has 0 saturated heterocycles. The lowest BCUT2D eigenvalue weighted by molar-refractivity contribution is -0.349. The van der Waals surface area contributed by atoms with E-state index in [1.54, 1.807) is 10.9 Å². The van der Waals surface area contributed by atoms with E-state index in [4.69, 9.17) is 0 Å². The number of allylic oxidation sites excluding steroid dienone is 1. The molecule has 0 aromatic carbocycles. The first-order valence-corrected chi connectivity index (χ1v) is 6.68. The summed E-state index contributed by atoms with van der Waals surface area (Å²) in [5.41, 5.74) is 0.335. The Balaban J connectivity index is 4.89. The third-order valence-electron chi connectivity index (χ3n) is 3.77. The van der Waals surface area contributed by atoms with Gasteiger partial charge in [-0.1, -0.05) is 39.1 Å². The molecule has 104 valence electrons. The molecule has 0 aromatic heterocycles. The van der Waals surface area contributed by atoms with Crippen LogP contribution in [0.5, 0.6) is 0 Å². The second-order valence-electron chi connectivity index (χ2n) is 5.90. The van der Waals surface area contributed by atoms with Crippen LogP contribution in [0.1, 0.15) is 40.5 Å². The molecule has 0 radical (unpaired) electrons. The molecule has 1 unspecified atom stereocenters. The van der Waals surface area contributed by atoms with Gasteiger partial charge in [0.1, 0.15) is 6.20 Å². The standard InChI is InChI=1S/C15H30N3/c1-8-9-15(4,12-16-5)14(2,3)10-11-17-13-18(6)7/h10-11,13,16H,6,8-9,12H2,1-5,7H3/q+1/b11-10-,17-13?. The second kappa shape index (κ2) is 7.47. The van der Waals surface area contributed by atoms with Crippen molar-refractivity contribution in [3.63, 3.8) is 0 Å². The molecule has 0 rings (SSSR count). The summed E-state index contributed by atoms with van der Waals surface area (Å²) in [7, 11) is 3.88. The third-order valence-corrected chi connectivity index (χ3v) is 3.77. The van der Waals surface area contributed by atoms with Crippen molar-refractivity contribution in [1.82, 2.24) is 5.32 Å². The predicted octanol–water partition coefficient (Wildman–Crippen LogP) is 2.92. The SMILES string of the molecule is C=[N+](C)C=N/C=C\C(C)(C)C(C)(CCC)CNC. The fraction of sp³-hybridized carbons (Fsp3) is 0.733. The maximum atomic E-state index is 4.23. The van der Waals surface area contributed by atoms with Crippen molar-refractivity contribution >= 4 is 13.1 Å². The number of aliphatic imine (C=N–C) groups is 1. The summed E-state index contributed by atoms with van der Waals surface area (Å²) in [6.07, 6.45) is 8.18. The molecule has 1 atom stereocenters. The van der Waals surface area contributed by atoms with Crippen LogP contribution in [-0.4, -0.2) is 38.3 Å². The first kappa shape index (κ1) is 17.0. The first-order valence-electron chi connectivity index (χ1n) is 6.68. The van der Waals surface area contributed by atoms with E-state index in [1.165, 1.54) is 12.8 Å². The van der Waals surface area contributed by atoms with E-state index in [-0.39, 0.29) is 10.8 Å². The summed E-state index contributed by atoms with van der Waals surface area (Å²) in [5.74, 6) is 0. The normalized spacial score (nSPS) is 16.3. The molecule has 3 nitrogen and oxygen atoms in total. The van der Waals surface area contributed by atoms with Crippen LogP contribution >= 0.6 is 0 Å². The van der Waals surface area contributed by atoms with Gasteiger partial charge in [0, 0.05) is 6.54 Å². The zero-order valence-electron chi connectivity index (χ0n) is 13.0. The van der Waals surface area contributed by atoms with Crippen molar-refractivity contribution in [3.05, 3.63) is 12.3 Å². The van der Waals surface area contributed by atoms with Gasteiger partial charge in [0.05, 0.1) is 13.8 Å². The molecule has 0 spiro atoms. The maximum Gasteiger partial charge on any atom is 0.285 e. The first-order chi connectivity index (χ1) is 8.29. The van der Waals surface area contributed by atoms with Gasteiger partial charge in [-0.3, -0.25) is 0 Å². The van der Waals surface area contributed by atoms with E-state index in [1.807, 2.05) is 20.3 Å². The molecule has 0 aliphatic rings. The fourth-order valence-corrected chi connectivity index (χ4v) is 2.16. The number of nitrogens with zero attached hydrogens (tertiary/aromatic N) is 2. The van der Waals surface area contributed by atoms with Gasteiger partial charge < -0.3 is 5.32 Å². The van der Waals surface area contributed by atoms with Gasteiger partial charge in [0.2, 0.25) is 0 Å². The molecule has 0 aromatic rings. The molecule has 0 saturated carbocycles. The van der Waals surface area contributed by atoms with Crippen molar-refractivity contribution in [2.24, 2.45) is 15.8 Å². The monoisotopic (exact) mass is 252 g/mol. The summed E-state index contributed by atoms with van der Waals surface area (Å²) in [5, 5.41) is 3.32. The van der Waals surface area contributed by atoms with Crippen molar-refractivity contribution in [3.8, 4) is 0 Å². The summed E-state index contributed by atoms with van der Waals surface area (Å²) >= 11 is 0. The van der Waals surface area contributed by atoms with Crippen molar-refractivity contribution in [2.45, 2.75) is 40.5 Å². The van der Waals surface area contributed by atoms with Crippen LogP contribution in [0.4, 0.5) is 0 Å². The molecule has 0 amide bonds. The molecule has 1 N–H and O–H groups in total. The minimum absolute atomic E-state index is 0.100. The molecule has 0 bridgehead atoms. The smallest absolute Gasteiger partial charge is 0.285 e. The van der Waals surface area contributed by atoms with E-state index in [0.29, 0.717) is 0 Å². The average Bonchev–Trinajstić information content (AvgIpc) is 2.24. The molecular weight excluding hydrogens is 222 g/mol. The van der Waals surface area contributed by atoms with Gasteiger partial charge in [-0.05, 0) is 30.4 Å². The highest BCUT2D eigenvalue weighted by atomic mass is 15.0. The largest absolute Gasteiger partial charge is 0.319 e. The number of hydrogen-bond donors (Lipinski definition) is 1. The maximum absolute atomic E-state index is 4.23. The fourth-order valence-electron chi connectivity index (χ4n) is 2.16. The number of rotatable bonds is 8. The summed E-state index contributed by atoms with van der Waals surface area (Å²) in [4.78, 5) is 4.23. The second-order valence-corrected chi connectivity index (χ2v) is 5.90. The van der Waals surface area contributed by atoms with E-state index in [2.05, 4.69) is 50.8 Å². The Hall–Kier alpha value is -0.960. The molecular formula is C15H30N3+. The Kier molecular flexibility index (Phi) is 7.07. The Morgan fingerprint density at radius 1 is 1.33 bits per heavy atom. The van der Waals surface area contributed by atoms with E-state index >= 15 is 0 Å². The van der Waals surface area contributed by atoms with E-state index in [0.717, 1.165) is 6.54 Å². The van der Waals surface area contributed by atoms with Crippen LogP contribution < -0.4 is 5.32 Å². The van der Waals surface area contributed by atoms with Gasteiger partial charge in [0.15, 0.2) is 0 Å². The van der Waals surface area contributed by atoms with Crippen LogP contribution in [0, 0.1) is 10.8 Å². The Bertz CT molecular complexity index is 308. The molecule has 0 heterocycles. The predicted molar refractivity (Wildman–Crippen MR) is 81.7 cm³/mol. The number of nitrogens with one attached hydrogen (secondary N) is 1. The lowest BCUT2D eigenvalue weighted by Gasteiger charge is -2.42. The zero-order chi connectivity index (χ0) is 14.2. The van der Waals surface area contributed by atoms with E-state index in [9.17, 15) is 0 Å². The molecule has 0 fully saturated rings. The lowest BCUT2D eigenvalue weighted by atomic mass is 9.64. The van der Waals surface area contributed by atoms with E-state index < -0.39 is 0 Å². The highest BCUT2D eigenvalue weighted by molar-refractivity contribution is 5.48. The van der Waals surface area contributed by atoms with Crippen LogP contribution in [0.25, 0.3) is 0 Å². The summed E-state index contributed by atoms with van der Waals surface area (Å²) < 4.78 is 1.69. The third kappa shape index (κ3) is 5.13. The summed E-state index contributed by atoms with van der Waals surface area (Å²) in [6.45, 7) is 13.9. The van der Waals surface area contributed by atoms with Gasteiger partial charge in [-0.15, -0.1) is 0 Å². The minimum atomic E-state index is 0.100. The summed E-state index contributed by atoms with van der Waals surface area (Å²) in [6, 6.07) is 0. The zero-order valence-corrected chi connectivity index (χ0v) is 13.0. The van der Waals surface area contributed by atoms with Gasteiger partial charge in [-0.2, -0.15) is 0 Å². The molecule has 0 aliphatic heterocycles. The van der Waals surface area contributed by atoms with Gasteiger partial charge in [-0.25, -0.2) is 4.58 Å². The lowest BCUT2D eigenvalue weighted by Crippen LogP contribution is -2.41. The van der Waals surface area contributed by atoms with Crippen LogP contribution in [-0.2, 0) is 0 Å². The quantitative estimate of drug-likeness (QED) is 0.401.